The lowest BCUT2D eigenvalue weighted by atomic mass is 10.0. The van der Waals surface area contributed by atoms with Gasteiger partial charge in [-0.25, -0.2) is 9.13 Å². The van der Waals surface area contributed by atoms with E-state index in [2.05, 4.69) is 34.6 Å². The van der Waals surface area contributed by atoms with Crippen molar-refractivity contribution in [1.82, 2.24) is 0 Å². The van der Waals surface area contributed by atoms with Crippen molar-refractivity contribution >= 4 is 39.5 Å². The van der Waals surface area contributed by atoms with Gasteiger partial charge in [-0.15, -0.1) is 0 Å². The second-order valence-corrected chi connectivity index (χ2v) is 31.5. The summed E-state index contributed by atoms with van der Waals surface area (Å²) in [4.78, 5) is 72.9. The highest BCUT2D eigenvalue weighted by Gasteiger charge is 2.30. The van der Waals surface area contributed by atoms with Crippen LogP contribution in [0, 0.1) is 5.92 Å². The third-order valence-electron chi connectivity index (χ3n) is 18.3. The normalized spacial score (nSPS) is 13.9. The van der Waals surface area contributed by atoms with Crippen molar-refractivity contribution in [3.05, 3.63) is 0 Å². The molecular weight excluding hydrogens is 1270 g/mol. The minimum atomic E-state index is -4.96. The van der Waals surface area contributed by atoms with Crippen LogP contribution >= 0.6 is 15.6 Å². The molecule has 97 heavy (non-hydrogen) atoms. The Morgan fingerprint density at radius 2 is 0.474 bits per heavy atom. The smallest absolute Gasteiger partial charge is 0.462 e. The average molecular weight is 1420 g/mol. The molecule has 0 saturated heterocycles. The number of aliphatic hydroxyl groups is 1. The van der Waals surface area contributed by atoms with Gasteiger partial charge in [-0.3, -0.25) is 37.3 Å². The number of hydrogen-bond acceptors (Lipinski definition) is 15. The maximum Gasteiger partial charge on any atom is 0.472 e. The molecular formula is C78H152O17P2. The first-order chi connectivity index (χ1) is 47.0. The molecule has 0 spiro atoms. The molecule has 5 atom stereocenters. The highest BCUT2D eigenvalue weighted by molar-refractivity contribution is 7.47. The summed E-state index contributed by atoms with van der Waals surface area (Å²) in [5.41, 5.74) is 0. The van der Waals surface area contributed by atoms with Crippen LogP contribution in [0.15, 0.2) is 0 Å². The fourth-order valence-electron chi connectivity index (χ4n) is 12.1. The fourth-order valence-corrected chi connectivity index (χ4v) is 13.6. The van der Waals surface area contributed by atoms with Crippen molar-refractivity contribution in [2.24, 2.45) is 5.92 Å². The number of esters is 4. The Balaban J connectivity index is 5.23. The monoisotopic (exact) mass is 1420 g/mol. The van der Waals surface area contributed by atoms with Gasteiger partial charge in [-0.1, -0.05) is 362 Å². The maximum atomic E-state index is 13.1. The third-order valence-corrected chi connectivity index (χ3v) is 20.2. The van der Waals surface area contributed by atoms with E-state index in [1.165, 1.54) is 238 Å². The Morgan fingerprint density at radius 1 is 0.278 bits per heavy atom. The van der Waals surface area contributed by atoms with E-state index >= 15 is 0 Å². The number of hydrogen-bond donors (Lipinski definition) is 3. The third kappa shape index (κ3) is 72.2. The predicted molar refractivity (Wildman–Crippen MR) is 395 cm³/mol. The second-order valence-electron chi connectivity index (χ2n) is 28.6. The summed E-state index contributed by atoms with van der Waals surface area (Å²) in [5.74, 6) is -1.33. The molecule has 2 unspecified atom stereocenters. The lowest BCUT2D eigenvalue weighted by molar-refractivity contribution is -0.161. The van der Waals surface area contributed by atoms with Gasteiger partial charge in [0.1, 0.15) is 19.3 Å². The van der Waals surface area contributed by atoms with Crippen LogP contribution in [0.4, 0.5) is 0 Å². The molecule has 0 aliphatic rings. The number of carbonyl (C=O) groups is 4. The zero-order valence-electron chi connectivity index (χ0n) is 63.2. The van der Waals surface area contributed by atoms with Gasteiger partial charge in [0.25, 0.3) is 0 Å². The first-order valence-corrected chi connectivity index (χ1v) is 43.6. The molecule has 0 saturated carbocycles. The van der Waals surface area contributed by atoms with Gasteiger partial charge in [-0.2, -0.15) is 0 Å². The first-order valence-electron chi connectivity index (χ1n) is 40.6. The van der Waals surface area contributed by atoms with Crippen LogP contribution in [0.3, 0.4) is 0 Å². The zero-order chi connectivity index (χ0) is 71.2. The summed E-state index contributed by atoms with van der Waals surface area (Å²) in [6, 6.07) is 0. The lowest BCUT2D eigenvalue weighted by Gasteiger charge is -2.21. The summed E-state index contributed by atoms with van der Waals surface area (Å²) in [6.07, 6.45) is 60.9. The summed E-state index contributed by atoms with van der Waals surface area (Å²) >= 11 is 0. The number of phosphoric acid groups is 2. The minimum absolute atomic E-state index is 0.108. The van der Waals surface area contributed by atoms with Crippen molar-refractivity contribution in [3.63, 3.8) is 0 Å². The van der Waals surface area contributed by atoms with Crippen molar-refractivity contribution in [1.29, 1.82) is 0 Å². The Hall–Kier alpha value is -1.94. The van der Waals surface area contributed by atoms with Gasteiger partial charge in [0.2, 0.25) is 0 Å². The van der Waals surface area contributed by atoms with E-state index in [4.69, 9.17) is 37.0 Å². The zero-order valence-corrected chi connectivity index (χ0v) is 65.0. The van der Waals surface area contributed by atoms with E-state index in [0.717, 1.165) is 95.8 Å². The largest absolute Gasteiger partial charge is 0.472 e. The van der Waals surface area contributed by atoms with Gasteiger partial charge >= 0.3 is 39.5 Å². The molecule has 0 amide bonds. The number of unbranched alkanes of at least 4 members (excludes halogenated alkanes) is 50. The van der Waals surface area contributed by atoms with Crippen LogP contribution in [0.2, 0.25) is 0 Å². The van der Waals surface area contributed by atoms with Gasteiger partial charge in [0.05, 0.1) is 26.4 Å². The molecule has 3 N–H and O–H groups in total. The van der Waals surface area contributed by atoms with Crippen LogP contribution in [-0.4, -0.2) is 96.7 Å². The molecule has 576 valence electrons. The van der Waals surface area contributed by atoms with Gasteiger partial charge in [0, 0.05) is 25.7 Å². The Kier molecular flexibility index (Phi) is 69.6. The summed E-state index contributed by atoms with van der Waals surface area (Å²) < 4.78 is 68.6. The number of ether oxygens (including phenoxy) is 4. The van der Waals surface area contributed by atoms with Crippen LogP contribution in [0.1, 0.15) is 413 Å². The molecule has 0 fully saturated rings. The van der Waals surface area contributed by atoms with E-state index in [-0.39, 0.29) is 25.7 Å². The summed E-state index contributed by atoms with van der Waals surface area (Å²) in [6.45, 7) is 7.32. The number of rotatable bonds is 78. The number of carbonyl (C=O) groups excluding carboxylic acids is 4. The Bertz CT molecular complexity index is 1860. The van der Waals surface area contributed by atoms with E-state index in [0.29, 0.717) is 25.7 Å². The number of phosphoric ester groups is 2. The molecule has 0 aliphatic carbocycles. The summed E-state index contributed by atoms with van der Waals surface area (Å²) in [5, 5.41) is 10.6. The molecule has 0 aliphatic heterocycles. The van der Waals surface area contributed by atoms with Crippen LogP contribution < -0.4 is 0 Å². The van der Waals surface area contributed by atoms with Crippen molar-refractivity contribution in [2.75, 3.05) is 39.6 Å². The molecule has 0 bridgehead atoms. The maximum absolute atomic E-state index is 13.1. The van der Waals surface area contributed by atoms with Crippen LogP contribution in [0.25, 0.3) is 0 Å². The highest BCUT2D eigenvalue weighted by Crippen LogP contribution is 2.45. The molecule has 0 aromatic carbocycles. The molecule has 0 aromatic heterocycles. The van der Waals surface area contributed by atoms with Gasteiger partial charge in [0.15, 0.2) is 12.2 Å². The molecule has 0 heterocycles. The van der Waals surface area contributed by atoms with Gasteiger partial charge < -0.3 is 33.8 Å². The molecule has 0 aromatic rings. The lowest BCUT2D eigenvalue weighted by Crippen LogP contribution is -2.30. The van der Waals surface area contributed by atoms with E-state index in [1.54, 1.807) is 0 Å². The molecule has 19 heteroatoms. The van der Waals surface area contributed by atoms with E-state index in [1.807, 2.05) is 0 Å². The predicted octanol–water partition coefficient (Wildman–Crippen LogP) is 23.3. The minimum Gasteiger partial charge on any atom is -0.462 e. The van der Waals surface area contributed by atoms with Gasteiger partial charge in [-0.05, 0) is 31.6 Å². The molecule has 0 rings (SSSR count). The Morgan fingerprint density at radius 3 is 0.701 bits per heavy atom. The highest BCUT2D eigenvalue weighted by atomic mass is 31.2. The SMILES string of the molecule is CCCCCCCCCCCCCCCCCCCCCC(=O)O[C@H](COC(=O)CCCCCCCCCCCCCCC(C)C)COP(=O)(O)OC[C@@H](O)COP(=O)(O)OC[C@@H](COC(=O)CCCCCCCCCCCCC)OC(=O)CCCCCCCCCCCCCC. The molecule has 0 radical (unpaired) electrons. The quantitative estimate of drug-likeness (QED) is 0.0222. The topological polar surface area (TPSA) is 237 Å². The average Bonchev–Trinajstić information content (AvgIpc) is 1.50. The van der Waals surface area contributed by atoms with Crippen LogP contribution in [-0.2, 0) is 65.4 Å². The fraction of sp³-hybridized carbons (Fsp3) is 0.949. The first kappa shape index (κ1) is 95.1. The second kappa shape index (κ2) is 71.1. The standard InChI is InChI=1S/C78H152O17P2/c1-6-9-12-15-18-21-24-26-27-28-29-30-31-32-39-44-49-54-59-64-78(83)95-74(68-89-76(81)62-57-52-47-42-38-34-33-36-40-45-50-55-60-71(4)5)70-93-97(86,87)91-66-72(79)65-90-96(84,85)92-69-73(67-88-75(80)61-56-51-46-41-35-23-20-17-14-11-8-3)94-77(82)63-58-53-48-43-37-25-22-19-16-13-10-7-2/h71-74,79H,6-70H2,1-5H3,(H,84,85)(H,86,87)/t72-,73+,74+/m0/s1. The Labute approximate surface area is 594 Å². The van der Waals surface area contributed by atoms with Crippen molar-refractivity contribution < 1.29 is 80.2 Å². The van der Waals surface area contributed by atoms with Crippen LogP contribution in [0.5, 0.6) is 0 Å². The molecule has 17 nitrogen and oxygen atoms in total. The number of aliphatic hydroxyl groups excluding tert-OH is 1. The van der Waals surface area contributed by atoms with E-state index in [9.17, 15) is 43.2 Å². The van der Waals surface area contributed by atoms with E-state index < -0.39 is 97.5 Å². The van der Waals surface area contributed by atoms with Crippen molar-refractivity contribution in [2.45, 2.75) is 432 Å². The van der Waals surface area contributed by atoms with Crippen molar-refractivity contribution in [3.8, 4) is 0 Å². The summed E-state index contributed by atoms with van der Waals surface area (Å²) in [7, 11) is -9.91.